The smallest absolute Gasteiger partial charge is 0.105 e. The minimum absolute atomic E-state index is 0.458. The van der Waals surface area contributed by atoms with E-state index >= 15 is 0 Å². The molecule has 7 aromatic rings. The summed E-state index contributed by atoms with van der Waals surface area (Å²) in [7, 11) is 2.00. The van der Waals surface area contributed by atoms with Gasteiger partial charge in [0.15, 0.2) is 0 Å². The van der Waals surface area contributed by atoms with Gasteiger partial charge in [0.1, 0.15) is 5.69 Å². The topological polar surface area (TPSA) is 66.8 Å². The standard InChI is InChI=1S/C23H25NS3.C20H27N3S.C19H24N2S2/c1-2-19(25-7-1)20-5-6-22(27-20)21-4-3-18(26-21)14-24-23-11-15-8-16(12-23)10-17(9-15)13-23;1-13-12-23(2)22-19(13)18-4-3-17(24-18)11-21-20-8-14-5-15(9-20)7-16(6-14)10-20;1-12-21-17(11-22-12)18-3-2-16(23-18)10-20-19-7-13-4-14(8-19)6-15(5-13)9-19/h1-7,15-17,24H,8-14H2;3-4,12,14-16,21H,5-11H2,1-2H3;2-3,11,13-15,20H,4-10H2,1H3. The van der Waals surface area contributed by atoms with Crippen LogP contribution in [0.15, 0.2) is 77.6 Å². The predicted molar refractivity (Wildman–Crippen MR) is 316 cm³/mol. The Morgan fingerprint density at radius 2 is 0.865 bits per heavy atom. The molecule has 6 nitrogen and oxygen atoms in total. The molecule has 12 bridgehead atoms. The summed E-state index contributed by atoms with van der Waals surface area (Å²) in [5.74, 6) is 9.15. The van der Waals surface area contributed by atoms with Gasteiger partial charge >= 0.3 is 0 Å². The molecule has 0 aliphatic heterocycles. The summed E-state index contributed by atoms with van der Waals surface area (Å²) >= 11 is 11.3. The number of aryl methyl sites for hydroxylation is 3. The molecule has 7 aromatic heterocycles. The van der Waals surface area contributed by atoms with Crippen molar-refractivity contribution in [2.75, 3.05) is 0 Å². The largest absolute Gasteiger partial charge is 0.306 e. The van der Waals surface area contributed by atoms with Crippen LogP contribution in [0.2, 0.25) is 0 Å². The van der Waals surface area contributed by atoms with E-state index in [0.29, 0.717) is 16.6 Å². The number of nitrogens with one attached hydrogen (secondary N) is 3. The van der Waals surface area contributed by atoms with Crippen molar-refractivity contribution in [2.45, 2.75) is 166 Å². The molecule has 12 heteroatoms. The predicted octanol–water partition coefficient (Wildman–Crippen LogP) is 17.0. The Morgan fingerprint density at radius 3 is 1.27 bits per heavy atom. The van der Waals surface area contributed by atoms with Crippen LogP contribution in [0.4, 0.5) is 0 Å². The van der Waals surface area contributed by atoms with Crippen molar-refractivity contribution in [3.8, 4) is 40.7 Å². The molecule has 0 saturated heterocycles. The van der Waals surface area contributed by atoms with Crippen molar-refractivity contribution < 1.29 is 0 Å². The van der Waals surface area contributed by atoms with Crippen LogP contribution in [-0.4, -0.2) is 31.4 Å². The minimum atomic E-state index is 0.458. The van der Waals surface area contributed by atoms with Gasteiger partial charge in [-0.15, -0.1) is 68.0 Å². The van der Waals surface area contributed by atoms with Crippen LogP contribution in [-0.2, 0) is 26.7 Å². The Kier molecular flexibility index (Phi) is 13.5. The van der Waals surface area contributed by atoms with E-state index in [9.17, 15) is 0 Å². The van der Waals surface area contributed by atoms with Gasteiger partial charge in [-0.2, -0.15) is 5.10 Å². The maximum absolute atomic E-state index is 4.62. The molecule has 12 saturated carbocycles. The summed E-state index contributed by atoms with van der Waals surface area (Å²) in [5, 5.41) is 22.2. The van der Waals surface area contributed by atoms with Gasteiger partial charge in [-0.1, -0.05) is 6.07 Å². The quantitative estimate of drug-likeness (QED) is 0.107. The molecule has 74 heavy (non-hydrogen) atoms. The van der Waals surface area contributed by atoms with Crippen LogP contribution in [0.3, 0.4) is 0 Å². The zero-order chi connectivity index (χ0) is 49.6. The van der Waals surface area contributed by atoms with E-state index in [2.05, 4.69) is 118 Å². The minimum Gasteiger partial charge on any atom is -0.306 e. The first-order valence-electron chi connectivity index (χ1n) is 28.6. The van der Waals surface area contributed by atoms with Gasteiger partial charge < -0.3 is 16.0 Å². The maximum Gasteiger partial charge on any atom is 0.105 e. The first kappa shape index (κ1) is 49.5. The Hall–Kier alpha value is -2.78. The molecule has 0 atom stereocenters. The van der Waals surface area contributed by atoms with Crippen molar-refractivity contribution in [2.24, 2.45) is 60.3 Å². The molecule has 0 amide bonds. The fraction of sp³-hybridized carbons (Fsp3) is 0.581. The van der Waals surface area contributed by atoms with Crippen LogP contribution >= 0.6 is 68.0 Å². The molecule has 390 valence electrons. The molecule has 0 unspecified atom stereocenters. The summed E-state index contributed by atoms with van der Waals surface area (Å²) < 4.78 is 1.91. The Labute approximate surface area is 464 Å². The fourth-order valence-corrected chi connectivity index (χ4v) is 23.4. The number of thiazole rings is 1. The van der Waals surface area contributed by atoms with Gasteiger partial charge in [-0.3, -0.25) is 4.68 Å². The number of hydrogen-bond acceptors (Lipinski definition) is 11. The second-order valence-electron chi connectivity index (χ2n) is 25.7. The van der Waals surface area contributed by atoms with Crippen molar-refractivity contribution in [1.82, 2.24) is 30.7 Å². The zero-order valence-electron chi connectivity index (χ0n) is 43.8. The second-order valence-corrected chi connectivity index (χ2v) is 32.3. The second kappa shape index (κ2) is 20.1. The van der Waals surface area contributed by atoms with E-state index in [-0.39, 0.29) is 0 Å². The molecule has 0 aromatic carbocycles. The highest BCUT2D eigenvalue weighted by atomic mass is 32.1. The Balaban J connectivity index is 0.000000103. The van der Waals surface area contributed by atoms with Crippen molar-refractivity contribution in [1.29, 1.82) is 0 Å². The fourth-order valence-electron chi connectivity index (χ4n) is 18.0. The summed E-state index contributed by atoms with van der Waals surface area (Å²) in [6, 6.07) is 22.7. The number of nitrogens with zero attached hydrogens (tertiary/aromatic N) is 3. The molecule has 7 heterocycles. The lowest BCUT2D eigenvalue weighted by Gasteiger charge is -2.57. The lowest BCUT2D eigenvalue weighted by molar-refractivity contribution is -0.0206. The summed E-state index contributed by atoms with van der Waals surface area (Å²) in [6.45, 7) is 7.36. The lowest BCUT2D eigenvalue weighted by Crippen LogP contribution is -2.58. The first-order chi connectivity index (χ1) is 36.0. The molecule has 0 spiro atoms. The summed E-state index contributed by atoms with van der Waals surface area (Å²) in [4.78, 5) is 17.2. The van der Waals surface area contributed by atoms with Gasteiger partial charge in [0.05, 0.1) is 20.5 Å². The first-order valence-corrected chi connectivity index (χ1v) is 33.6. The van der Waals surface area contributed by atoms with E-state index in [1.165, 1.54) is 165 Å². The molecule has 12 aliphatic carbocycles. The monoisotopic (exact) mass is 1100 g/mol. The molecular weight excluding hydrogens is 1020 g/mol. The average molecular weight is 1100 g/mol. The van der Waals surface area contributed by atoms with E-state index in [4.69, 9.17) is 0 Å². The van der Waals surface area contributed by atoms with Gasteiger partial charge in [0.25, 0.3) is 0 Å². The van der Waals surface area contributed by atoms with Gasteiger partial charge in [0, 0.05) is 89.0 Å². The van der Waals surface area contributed by atoms with Crippen molar-refractivity contribution in [3.63, 3.8) is 0 Å². The SMILES string of the molecule is Cc1cn(C)nc1-c1ccc(CNC23CC4CC(CC(C4)C2)C3)s1.Cc1nc(-c2ccc(CNC34CC5CC(CC(C5)C3)C4)s2)cs1.c1csc(-c2ccc(-c3ccc(CNC45CC6CC(CC(C6)C4)C5)s3)s2)c1. The average Bonchev–Trinajstić information content (AvgIpc) is 4.21. The maximum atomic E-state index is 4.62. The van der Waals surface area contributed by atoms with E-state index in [1.54, 1.807) is 11.3 Å². The molecule has 12 fully saturated rings. The van der Waals surface area contributed by atoms with E-state index < -0.39 is 0 Å². The normalized spacial score (nSPS) is 33.5. The molecule has 12 aliphatic rings. The Bertz CT molecular complexity index is 2940. The van der Waals surface area contributed by atoms with Crippen molar-refractivity contribution >= 4 is 68.0 Å². The van der Waals surface area contributed by atoms with Gasteiger partial charge in [-0.25, -0.2) is 4.98 Å². The summed E-state index contributed by atoms with van der Waals surface area (Å²) in [6.07, 6.45) is 28.7. The number of rotatable bonds is 13. The van der Waals surface area contributed by atoms with Gasteiger partial charge in [-0.05, 0) is 248 Å². The third-order valence-corrected chi connectivity index (χ3v) is 26.1. The van der Waals surface area contributed by atoms with Crippen LogP contribution < -0.4 is 16.0 Å². The molecular formula is C62H76N6S6. The van der Waals surface area contributed by atoms with Gasteiger partial charge in [0.2, 0.25) is 0 Å². The highest BCUT2D eigenvalue weighted by molar-refractivity contribution is 7.26. The van der Waals surface area contributed by atoms with Crippen LogP contribution in [0, 0.1) is 67.1 Å². The molecule has 19 rings (SSSR count). The lowest BCUT2D eigenvalue weighted by atomic mass is 9.53. The zero-order valence-corrected chi connectivity index (χ0v) is 48.7. The third-order valence-electron chi connectivity index (χ3n) is 19.7. The van der Waals surface area contributed by atoms with Crippen LogP contribution in [0.1, 0.15) is 141 Å². The number of hydrogen-bond donors (Lipinski definition) is 3. The summed E-state index contributed by atoms with van der Waals surface area (Å²) in [5.41, 5.74) is 4.95. The van der Waals surface area contributed by atoms with Crippen molar-refractivity contribution in [3.05, 3.63) is 103 Å². The molecule has 0 radical (unpaired) electrons. The van der Waals surface area contributed by atoms with E-state index in [1.807, 2.05) is 68.4 Å². The highest BCUT2D eigenvalue weighted by Crippen LogP contribution is 2.58. The highest BCUT2D eigenvalue weighted by Gasteiger charge is 2.53. The van der Waals surface area contributed by atoms with Crippen LogP contribution in [0.5, 0.6) is 0 Å². The van der Waals surface area contributed by atoms with E-state index in [0.717, 1.165) is 89.3 Å². The molecule has 3 N–H and O–H groups in total. The third kappa shape index (κ3) is 10.4. The van der Waals surface area contributed by atoms with Crippen LogP contribution in [0.25, 0.3) is 40.7 Å². The number of thiophene rings is 5. The Morgan fingerprint density at radius 1 is 0.473 bits per heavy atom. The number of aromatic nitrogens is 3.